The fourth-order valence-corrected chi connectivity index (χ4v) is 1.74. The molecule has 0 aliphatic heterocycles. The predicted octanol–water partition coefficient (Wildman–Crippen LogP) is 3.01. The van der Waals surface area contributed by atoms with E-state index in [-0.39, 0.29) is 0 Å². The summed E-state index contributed by atoms with van der Waals surface area (Å²) >= 11 is 0. The number of rotatable bonds is 8. The highest BCUT2D eigenvalue weighted by Crippen LogP contribution is 2.16. The molecule has 0 radical (unpaired) electrons. The lowest BCUT2D eigenvalue weighted by molar-refractivity contribution is -0.135. The number of methoxy groups -OCH3 is 2. The van der Waals surface area contributed by atoms with Crippen LogP contribution in [0.2, 0.25) is 0 Å². The molecule has 0 aromatic rings. The molecule has 128 valence electrons. The molecule has 0 saturated heterocycles. The molecule has 0 N–H and O–H groups in total. The summed E-state index contributed by atoms with van der Waals surface area (Å²) in [7, 11) is 2.55. The Bertz CT molecular complexity index is 489. The Hall–Kier alpha value is -2.22. The van der Waals surface area contributed by atoms with Gasteiger partial charge in [0.2, 0.25) is 0 Å². The minimum absolute atomic E-state index is 0.356. The number of hydrogen-bond acceptors (Lipinski definition) is 5. The molecule has 0 aromatic heterocycles. The Morgan fingerprint density at radius 2 is 1.87 bits per heavy atom. The molecule has 0 fully saturated rings. The largest absolute Gasteiger partial charge is 0.485 e. The highest BCUT2D eigenvalue weighted by molar-refractivity contribution is 5.88. The first-order chi connectivity index (χ1) is 10.9. The summed E-state index contributed by atoms with van der Waals surface area (Å²) in [6.07, 6.45) is 6.73. The molecule has 0 rings (SSSR count). The van der Waals surface area contributed by atoms with Gasteiger partial charge in [-0.15, -0.1) is 0 Å². The third kappa shape index (κ3) is 12.0. The number of carbonyl (C=O) groups excluding carboxylic acids is 2. The molecule has 2 atom stereocenters. The van der Waals surface area contributed by atoms with Crippen molar-refractivity contribution in [3.63, 3.8) is 0 Å². The average Bonchev–Trinajstić information content (AvgIpc) is 2.51. The van der Waals surface area contributed by atoms with Crippen LogP contribution in [0, 0.1) is 17.8 Å². The van der Waals surface area contributed by atoms with Crippen molar-refractivity contribution in [1.82, 2.24) is 0 Å². The van der Waals surface area contributed by atoms with Crippen LogP contribution in [0.4, 0.5) is 0 Å². The summed E-state index contributed by atoms with van der Waals surface area (Å²) in [5.74, 6) is 4.32. The SMILES string of the molecule is COC(=O)C#CC(C[C@@H](C)CCC=C(C)C)O/C=C/C(=O)OC. The minimum Gasteiger partial charge on any atom is -0.485 e. The molecule has 23 heavy (non-hydrogen) atoms. The van der Waals surface area contributed by atoms with E-state index in [1.54, 1.807) is 0 Å². The molecule has 0 aromatic carbocycles. The standard InChI is InChI=1S/C18H26O5/c1-14(2)7-6-8-15(3)13-16(9-10-17(19)21-4)23-12-11-18(20)22-5/h7,11-12,15-16H,6,8,13H2,1-5H3/b12-11+/t15-,16?/m0/s1. The van der Waals surface area contributed by atoms with Crippen LogP contribution in [0.15, 0.2) is 24.0 Å². The zero-order valence-corrected chi connectivity index (χ0v) is 14.5. The van der Waals surface area contributed by atoms with Crippen molar-refractivity contribution in [2.45, 2.75) is 46.1 Å². The lowest BCUT2D eigenvalue weighted by Gasteiger charge is -2.15. The van der Waals surface area contributed by atoms with E-state index in [4.69, 9.17) is 4.74 Å². The van der Waals surface area contributed by atoms with Crippen molar-refractivity contribution in [1.29, 1.82) is 0 Å². The van der Waals surface area contributed by atoms with E-state index in [1.807, 2.05) is 0 Å². The first-order valence-electron chi connectivity index (χ1n) is 7.51. The smallest absolute Gasteiger partial charge is 0.384 e. The van der Waals surface area contributed by atoms with Crippen molar-refractivity contribution in [2.75, 3.05) is 14.2 Å². The van der Waals surface area contributed by atoms with Gasteiger partial charge in [-0.2, -0.15) is 0 Å². The highest BCUT2D eigenvalue weighted by Gasteiger charge is 2.11. The number of carbonyl (C=O) groups is 2. The monoisotopic (exact) mass is 322 g/mol. The summed E-state index contributed by atoms with van der Waals surface area (Å²) in [5.41, 5.74) is 1.29. The maximum Gasteiger partial charge on any atom is 0.384 e. The third-order valence-electron chi connectivity index (χ3n) is 3.00. The molecule has 0 aliphatic rings. The minimum atomic E-state index is -0.618. The van der Waals surface area contributed by atoms with Crippen molar-refractivity contribution < 1.29 is 23.8 Å². The van der Waals surface area contributed by atoms with Gasteiger partial charge >= 0.3 is 11.9 Å². The van der Waals surface area contributed by atoms with E-state index in [2.05, 4.69) is 48.2 Å². The number of allylic oxidation sites excluding steroid dienone is 2. The number of hydrogen-bond donors (Lipinski definition) is 0. The molecule has 0 spiro atoms. The van der Waals surface area contributed by atoms with E-state index in [1.165, 1.54) is 32.1 Å². The molecule has 5 heteroatoms. The van der Waals surface area contributed by atoms with E-state index in [0.29, 0.717) is 12.3 Å². The topological polar surface area (TPSA) is 61.8 Å². The second-order valence-electron chi connectivity index (χ2n) is 5.41. The van der Waals surface area contributed by atoms with Gasteiger partial charge in [0.15, 0.2) is 6.10 Å². The quantitative estimate of drug-likeness (QED) is 0.172. The van der Waals surface area contributed by atoms with Crippen LogP contribution in [-0.2, 0) is 23.8 Å². The van der Waals surface area contributed by atoms with Crippen molar-refractivity contribution in [3.8, 4) is 11.8 Å². The van der Waals surface area contributed by atoms with E-state index in [9.17, 15) is 9.59 Å². The fourth-order valence-electron chi connectivity index (χ4n) is 1.74. The maximum atomic E-state index is 11.1. The Labute approximate surface area is 138 Å². The van der Waals surface area contributed by atoms with Gasteiger partial charge in [0.05, 0.1) is 26.6 Å². The lowest BCUT2D eigenvalue weighted by Crippen LogP contribution is -2.13. The van der Waals surface area contributed by atoms with Crippen LogP contribution in [0.5, 0.6) is 0 Å². The van der Waals surface area contributed by atoms with Gasteiger partial charge in [-0.25, -0.2) is 9.59 Å². The van der Waals surface area contributed by atoms with Gasteiger partial charge in [0.25, 0.3) is 0 Å². The number of ether oxygens (including phenoxy) is 3. The molecule has 0 saturated carbocycles. The summed E-state index contributed by atoms with van der Waals surface area (Å²) in [4.78, 5) is 22.2. The van der Waals surface area contributed by atoms with Gasteiger partial charge in [-0.05, 0) is 44.9 Å². The van der Waals surface area contributed by atoms with Crippen LogP contribution in [0.25, 0.3) is 0 Å². The molecule has 0 amide bonds. The second kappa shape index (κ2) is 12.3. The molecule has 0 heterocycles. The number of esters is 2. The second-order valence-corrected chi connectivity index (χ2v) is 5.41. The molecule has 1 unspecified atom stereocenters. The Kier molecular flexibility index (Phi) is 11.1. The average molecular weight is 322 g/mol. The molecular weight excluding hydrogens is 296 g/mol. The molecule has 0 aliphatic carbocycles. The predicted molar refractivity (Wildman–Crippen MR) is 88.3 cm³/mol. The molecule has 5 nitrogen and oxygen atoms in total. The summed E-state index contributed by atoms with van der Waals surface area (Å²) < 4.78 is 14.4. The van der Waals surface area contributed by atoms with E-state index in [0.717, 1.165) is 12.8 Å². The summed E-state index contributed by atoms with van der Waals surface area (Å²) in [5, 5.41) is 0. The fraction of sp³-hybridized carbons (Fsp3) is 0.556. The van der Waals surface area contributed by atoms with Gasteiger partial charge in [0.1, 0.15) is 0 Å². The lowest BCUT2D eigenvalue weighted by atomic mass is 9.98. The molecule has 0 bridgehead atoms. The Balaban J connectivity index is 4.66. The summed E-state index contributed by atoms with van der Waals surface area (Å²) in [6, 6.07) is 0. The first kappa shape index (κ1) is 20.8. The maximum absolute atomic E-state index is 11.1. The van der Waals surface area contributed by atoms with Gasteiger partial charge in [-0.3, -0.25) is 0 Å². The summed E-state index contributed by atoms with van der Waals surface area (Å²) in [6.45, 7) is 6.23. The van der Waals surface area contributed by atoms with Gasteiger partial charge in [0, 0.05) is 5.92 Å². The van der Waals surface area contributed by atoms with Gasteiger partial charge in [-0.1, -0.05) is 18.6 Å². The van der Waals surface area contributed by atoms with Gasteiger partial charge < -0.3 is 14.2 Å². The van der Waals surface area contributed by atoms with E-state index < -0.39 is 18.0 Å². The Morgan fingerprint density at radius 3 is 2.43 bits per heavy atom. The van der Waals surface area contributed by atoms with Crippen molar-refractivity contribution in [2.24, 2.45) is 5.92 Å². The first-order valence-corrected chi connectivity index (χ1v) is 7.51. The normalized spacial score (nSPS) is 12.6. The molecular formula is C18H26O5. The Morgan fingerprint density at radius 1 is 1.17 bits per heavy atom. The zero-order valence-electron chi connectivity index (χ0n) is 14.5. The van der Waals surface area contributed by atoms with Crippen LogP contribution in [0.1, 0.15) is 40.0 Å². The third-order valence-corrected chi connectivity index (χ3v) is 3.00. The van der Waals surface area contributed by atoms with Crippen LogP contribution in [-0.4, -0.2) is 32.3 Å². The zero-order chi connectivity index (χ0) is 17.7. The van der Waals surface area contributed by atoms with Crippen molar-refractivity contribution >= 4 is 11.9 Å². The van der Waals surface area contributed by atoms with Crippen LogP contribution in [0.3, 0.4) is 0 Å². The van der Waals surface area contributed by atoms with Crippen LogP contribution < -0.4 is 0 Å². The van der Waals surface area contributed by atoms with E-state index >= 15 is 0 Å². The highest BCUT2D eigenvalue weighted by atomic mass is 16.5. The van der Waals surface area contributed by atoms with Crippen molar-refractivity contribution in [3.05, 3.63) is 24.0 Å². The van der Waals surface area contributed by atoms with Crippen LogP contribution >= 0.6 is 0 Å².